The molecule has 2 aromatic carbocycles. The number of likely N-dealkylation sites (tertiary alicyclic amines) is 1. The Bertz CT molecular complexity index is 754. The van der Waals surface area contributed by atoms with E-state index < -0.39 is 0 Å². The third-order valence-corrected chi connectivity index (χ3v) is 4.72. The first-order valence-electron chi connectivity index (χ1n) is 8.55. The van der Waals surface area contributed by atoms with Crippen molar-refractivity contribution in [3.8, 4) is 5.75 Å². The number of hydrogen-bond donors (Lipinski definition) is 2. The van der Waals surface area contributed by atoms with Gasteiger partial charge in [-0.25, -0.2) is 4.39 Å². The summed E-state index contributed by atoms with van der Waals surface area (Å²) >= 11 is 0. The van der Waals surface area contributed by atoms with E-state index in [0.29, 0.717) is 22.9 Å². The number of nitrogens with zero attached hydrogens (tertiary/aromatic N) is 1. The minimum atomic E-state index is -0.388. The molecule has 25 heavy (non-hydrogen) atoms. The van der Waals surface area contributed by atoms with E-state index in [4.69, 9.17) is 10.1 Å². The third-order valence-electron chi connectivity index (χ3n) is 4.72. The van der Waals surface area contributed by atoms with E-state index in [9.17, 15) is 4.39 Å². The Morgan fingerprint density at radius 2 is 1.88 bits per heavy atom. The van der Waals surface area contributed by atoms with Crippen LogP contribution in [-0.2, 0) is 0 Å². The predicted molar refractivity (Wildman–Crippen MR) is 99.5 cm³/mol. The van der Waals surface area contributed by atoms with Crippen molar-refractivity contribution < 1.29 is 9.13 Å². The summed E-state index contributed by atoms with van der Waals surface area (Å²) in [6, 6.07) is 12.3. The lowest BCUT2D eigenvalue weighted by atomic mass is 9.98. The first kappa shape index (κ1) is 17.4. The van der Waals surface area contributed by atoms with Gasteiger partial charge in [-0.1, -0.05) is 12.1 Å². The minimum absolute atomic E-state index is 0.160. The maximum Gasteiger partial charge on any atom is 0.132 e. The summed E-state index contributed by atoms with van der Waals surface area (Å²) < 4.78 is 19.4. The Hall–Kier alpha value is -2.40. The Labute approximate surface area is 148 Å². The number of rotatable bonds is 5. The first-order chi connectivity index (χ1) is 12.1. The van der Waals surface area contributed by atoms with Gasteiger partial charge in [-0.15, -0.1) is 0 Å². The number of benzene rings is 2. The van der Waals surface area contributed by atoms with Crippen molar-refractivity contribution >= 4 is 11.4 Å². The summed E-state index contributed by atoms with van der Waals surface area (Å²) in [5.74, 6) is 0.269. The second kappa shape index (κ2) is 7.66. The van der Waals surface area contributed by atoms with Crippen LogP contribution in [0.5, 0.6) is 5.75 Å². The number of ether oxygens (including phenoxy) is 1. The van der Waals surface area contributed by atoms with E-state index in [1.807, 2.05) is 12.1 Å². The molecule has 1 aliphatic heterocycles. The van der Waals surface area contributed by atoms with Crippen LogP contribution in [0.4, 0.5) is 10.1 Å². The number of hydrogen-bond acceptors (Lipinski definition) is 4. The van der Waals surface area contributed by atoms with Gasteiger partial charge in [0, 0.05) is 22.9 Å². The van der Waals surface area contributed by atoms with Crippen molar-refractivity contribution in [2.24, 2.45) is 0 Å². The number of nitrogens with one attached hydrogen (secondary N) is 2. The second-order valence-electron chi connectivity index (χ2n) is 6.49. The summed E-state index contributed by atoms with van der Waals surface area (Å²) in [4.78, 5) is 2.31. The average molecular weight is 341 g/mol. The normalized spacial score (nSPS) is 15.8. The standard InChI is InChI=1S/C20H24FN3O/c1-24-11-9-14(10-12-24)23-19-8-7-15(25-2)13-17(19)20(22)16-5-3-4-6-18(16)21/h3-8,13-14,22-23H,9-12H2,1-2H3. The molecule has 0 amide bonds. The molecule has 5 heteroatoms. The van der Waals surface area contributed by atoms with Crippen molar-refractivity contribution in [3.05, 3.63) is 59.4 Å². The lowest BCUT2D eigenvalue weighted by Crippen LogP contribution is -2.37. The Morgan fingerprint density at radius 3 is 2.56 bits per heavy atom. The molecular weight excluding hydrogens is 317 g/mol. The molecule has 0 aromatic heterocycles. The van der Waals surface area contributed by atoms with E-state index in [2.05, 4.69) is 17.3 Å². The van der Waals surface area contributed by atoms with Crippen molar-refractivity contribution in [1.29, 1.82) is 5.41 Å². The number of piperidine rings is 1. The molecule has 0 spiro atoms. The summed E-state index contributed by atoms with van der Waals surface area (Å²) in [5.41, 5.74) is 1.96. The van der Waals surface area contributed by atoms with Crippen LogP contribution in [0.1, 0.15) is 24.0 Å². The summed E-state index contributed by atoms with van der Waals surface area (Å²) in [5, 5.41) is 12.1. The van der Waals surface area contributed by atoms with Gasteiger partial charge in [0.05, 0.1) is 12.8 Å². The molecule has 2 N–H and O–H groups in total. The van der Waals surface area contributed by atoms with Gasteiger partial charge in [0.15, 0.2) is 0 Å². The van der Waals surface area contributed by atoms with Crippen LogP contribution in [0.2, 0.25) is 0 Å². The fourth-order valence-electron chi connectivity index (χ4n) is 3.16. The highest BCUT2D eigenvalue weighted by atomic mass is 19.1. The van der Waals surface area contributed by atoms with E-state index in [1.54, 1.807) is 31.4 Å². The quantitative estimate of drug-likeness (QED) is 0.814. The number of anilines is 1. The van der Waals surface area contributed by atoms with Gasteiger partial charge in [-0.2, -0.15) is 0 Å². The van der Waals surface area contributed by atoms with Crippen LogP contribution in [0.3, 0.4) is 0 Å². The number of methoxy groups -OCH3 is 1. The fourth-order valence-corrected chi connectivity index (χ4v) is 3.16. The minimum Gasteiger partial charge on any atom is -0.497 e. The van der Waals surface area contributed by atoms with Crippen molar-refractivity contribution in [2.75, 3.05) is 32.6 Å². The van der Waals surface area contributed by atoms with Crippen molar-refractivity contribution in [2.45, 2.75) is 18.9 Å². The monoisotopic (exact) mass is 341 g/mol. The largest absolute Gasteiger partial charge is 0.497 e. The van der Waals surface area contributed by atoms with Crippen LogP contribution in [-0.4, -0.2) is 43.9 Å². The fraction of sp³-hybridized carbons (Fsp3) is 0.350. The van der Waals surface area contributed by atoms with Gasteiger partial charge in [0.1, 0.15) is 11.6 Å². The van der Waals surface area contributed by atoms with Crippen molar-refractivity contribution in [3.63, 3.8) is 0 Å². The zero-order chi connectivity index (χ0) is 17.8. The summed E-state index contributed by atoms with van der Waals surface area (Å²) in [6.45, 7) is 2.10. The van der Waals surface area contributed by atoms with Crippen LogP contribution in [0.25, 0.3) is 0 Å². The molecule has 1 fully saturated rings. The molecule has 1 heterocycles. The van der Waals surface area contributed by atoms with Crippen molar-refractivity contribution in [1.82, 2.24) is 4.90 Å². The zero-order valence-corrected chi connectivity index (χ0v) is 14.7. The SMILES string of the molecule is COc1ccc(NC2CCN(C)CC2)c(C(=N)c2ccccc2F)c1. The molecule has 0 saturated carbocycles. The molecule has 3 rings (SSSR count). The molecule has 4 nitrogen and oxygen atoms in total. The number of halogens is 1. The molecule has 0 atom stereocenters. The van der Waals surface area contributed by atoms with E-state index in [1.165, 1.54) is 6.07 Å². The summed E-state index contributed by atoms with van der Waals surface area (Å²) in [6.07, 6.45) is 2.10. The van der Waals surface area contributed by atoms with Crippen LogP contribution in [0.15, 0.2) is 42.5 Å². The highest BCUT2D eigenvalue weighted by Gasteiger charge is 2.20. The zero-order valence-electron chi connectivity index (χ0n) is 14.7. The molecule has 0 radical (unpaired) electrons. The van der Waals surface area contributed by atoms with Crippen LogP contribution in [0, 0.1) is 11.2 Å². The highest BCUT2D eigenvalue weighted by molar-refractivity contribution is 6.14. The van der Waals surface area contributed by atoms with Crippen LogP contribution < -0.4 is 10.1 Å². The van der Waals surface area contributed by atoms with Gasteiger partial charge in [-0.3, -0.25) is 5.41 Å². The topological polar surface area (TPSA) is 48.4 Å². The van der Waals surface area contributed by atoms with Gasteiger partial charge in [0.25, 0.3) is 0 Å². The maximum absolute atomic E-state index is 14.1. The second-order valence-corrected chi connectivity index (χ2v) is 6.49. The predicted octanol–water partition coefficient (Wildman–Crippen LogP) is 3.76. The molecule has 0 bridgehead atoms. The molecule has 1 saturated heterocycles. The van der Waals surface area contributed by atoms with Gasteiger partial charge in [-0.05, 0) is 63.3 Å². The smallest absolute Gasteiger partial charge is 0.132 e. The Kier molecular flexibility index (Phi) is 5.34. The lowest BCUT2D eigenvalue weighted by molar-refractivity contribution is 0.264. The Balaban J connectivity index is 1.91. The lowest BCUT2D eigenvalue weighted by Gasteiger charge is -2.31. The van der Waals surface area contributed by atoms with Gasteiger partial charge in [0.2, 0.25) is 0 Å². The molecule has 0 aliphatic carbocycles. The Morgan fingerprint density at radius 1 is 1.16 bits per heavy atom. The van der Waals surface area contributed by atoms with E-state index >= 15 is 0 Å². The van der Waals surface area contributed by atoms with E-state index in [-0.39, 0.29) is 11.5 Å². The van der Waals surface area contributed by atoms with Gasteiger partial charge < -0.3 is 15.0 Å². The van der Waals surface area contributed by atoms with Crippen LogP contribution >= 0.6 is 0 Å². The van der Waals surface area contributed by atoms with Gasteiger partial charge >= 0.3 is 0 Å². The third kappa shape index (κ3) is 3.99. The average Bonchev–Trinajstić information content (AvgIpc) is 2.64. The molecular formula is C20H24FN3O. The molecule has 2 aromatic rings. The highest BCUT2D eigenvalue weighted by Crippen LogP contribution is 2.27. The first-order valence-corrected chi connectivity index (χ1v) is 8.55. The molecule has 132 valence electrons. The molecule has 0 unspecified atom stereocenters. The van der Waals surface area contributed by atoms with E-state index in [0.717, 1.165) is 31.6 Å². The molecule has 1 aliphatic rings. The maximum atomic E-state index is 14.1. The summed E-state index contributed by atoms with van der Waals surface area (Å²) in [7, 11) is 3.72.